The monoisotopic (exact) mass is 348 g/mol. The molecule has 4 aromatic rings. The van der Waals surface area contributed by atoms with Gasteiger partial charge in [-0.05, 0) is 43.8 Å². The summed E-state index contributed by atoms with van der Waals surface area (Å²) in [5, 5.41) is 11.6. The number of fused-ring (bicyclic) bond motifs is 1. The molecule has 0 aliphatic carbocycles. The van der Waals surface area contributed by atoms with Crippen molar-refractivity contribution in [2.45, 2.75) is 13.0 Å². The maximum absolute atomic E-state index is 5.96. The van der Waals surface area contributed by atoms with E-state index in [1.54, 1.807) is 18.7 Å². The number of H-pyrrole nitrogens is 1. The van der Waals surface area contributed by atoms with Crippen LogP contribution in [0, 0.1) is 6.92 Å². The quantitative estimate of drug-likeness (QED) is 0.553. The summed E-state index contributed by atoms with van der Waals surface area (Å²) in [7, 11) is 1.90. The molecule has 6 heteroatoms. The second kappa shape index (κ2) is 7.01. The number of rotatable bonds is 6. The molecule has 0 saturated heterocycles. The Hall–Kier alpha value is -3.12. The Bertz CT molecular complexity index is 1010. The number of nitrogens with zero attached hydrogens (tertiary/aromatic N) is 2. The van der Waals surface area contributed by atoms with Crippen molar-refractivity contribution >= 4 is 10.9 Å². The molecule has 3 aromatic heterocycles. The molecule has 0 bridgehead atoms. The fraction of sp³-hybridized carbons (Fsp3) is 0.200. The van der Waals surface area contributed by atoms with Gasteiger partial charge in [-0.1, -0.05) is 6.07 Å². The van der Waals surface area contributed by atoms with Crippen LogP contribution in [0.5, 0.6) is 5.75 Å². The van der Waals surface area contributed by atoms with Crippen LogP contribution in [0.15, 0.2) is 59.7 Å². The second-order valence-corrected chi connectivity index (χ2v) is 6.19. The van der Waals surface area contributed by atoms with Crippen molar-refractivity contribution in [1.29, 1.82) is 0 Å². The van der Waals surface area contributed by atoms with Crippen molar-refractivity contribution < 1.29 is 9.15 Å². The van der Waals surface area contributed by atoms with Crippen LogP contribution >= 0.6 is 0 Å². The zero-order chi connectivity index (χ0) is 17.9. The van der Waals surface area contributed by atoms with Crippen LogP contribution in [-0.2, 0) is 0 Å². The first-order valence-corrected chi connectivity index (χ1v) is 8.47. The molecule has 0 fully saturated rings. The Morgan fingerprint density at radius 3 is 2.92 bits per heavy atom. The Labute approximate surface area is 151 Å². The standard InChI is InChI=1S/C20H20N4O2/c1-13-18-8-14(3-4-19(18)24-23-13)16-7-17(10-22-9-16)26-12-20(21-2)15-5-6-25-11-15/h3-11,20-21H,12H2,1-2H3,(H,23,24)/t20-/m1/s1. The zero-order valence-electron chi connectivity index (χ0n) is 14.7. The number of aromatic nitrogens is 3. The average Bonchev–Trinajstić information content (AvgIpc) is 3.33. The lowest BCUT2D eigenvalue weighted by molar-refractivity contribution is 0.271. The number of ether oxygens (including phenoxy) is 1. The van der Waals surface area contributed by atoms with Crippen molar-refractivity contribution in [3.63, 3.8) is 0 Å². The molecule has 4 rings (SSSR count). The van der Waals surface area contributed by atoms with Gasteiger partial charge in [0.05, 0.1) is 36.0 Å². The molecular formula is C20H20N4O2. The molecule has 26 heavy (non-hydrogen) atoms. The van der Waals surface area contributed by atoms with Gasteiger partial charge in [0.2, 0.25) is 0 Å². The molecule has 0 saturated carbocycles. The largest absolute Gasteiger partial charge is 0.490 e. The van der Waals surface area contributed by atoms with Gasteiger partial charge in [-0.2, -0.15) is 5.10 Å². The fourth-order valence-corrected chi connectivity index (χ4v) is 2.98. The Morgan fingerprint density at radius 2 is 2.12 bits per heavy atom. The minimum atomic E-state index is 0.0577. The summed E-state index contributed by atoms with van der Waals surface area (Å²) in [5.41, 5.74) is 5.16. The summed E-state index contributed by atoms with van der Waals surface area (Å²) in [6.07, 6.45) is 6.96. The van der Waals surface area contributed by atoms with Crippen molar-refractivity contribution in [2.75, 3.05) is 13.7 Å². The van der Waals surface area contributed by atoms with E-state index >= 15 is 0 Å². The minimum Gasteiger partial charge on any atom is -0.490 e. The van der Waals surface area contributed by atoms with E-state index in [-0.39, 0.29) is 6.04 Å². The van der Waals surface area contributed by atoms with Crippen LogP contribution in [0.25, 0.3) is 22.0 Å². The molecule has 6 nitrogen and oxygen atoms in total. The van der Waals surface area contributed by atoms with E-state index in [1.807, 2.05) is 38.4 Å². The van der Waals surface area contributed by atoms with Crippen molar-refractivity contribution in [3.05, 3.63) is 66.5 Å². The molecule has 0 spiro atoms. The van der Waals surface area contributed by atoms with E-state index in [2.05, 4.69) is 32.6 Å². The maximum atomic E-state index is 5.96. The lowest BCUT2D eigenvalue weighted by Crippen LogP contribution is -2.22. The lowest BCUT2D eigenvalue weighted by atomic mass is 10.0. The van der Waals surface area contributed by atoms with Crippen molar-refractivity contribution in [1.82, 2.24) is 20.5 Å². The van der Waals surface area contributed by atoms with Gasteiger partial charge < -0.3 is 14.5 Å². The third-order valence-corrected chi connectivity index (χ3v) is 4.51. The highest BCUT2D eigenvalue weighted by Crippen LogP contribution is 2.27. The van der Waals surface area contributed by atoms with Gasteiger partial charge in [-0.25, -0.2) is 0 Å². The zero-order valence-corrected chi connectivity index (χ0v) is 14.7. The topological polar surface area (TPSA) is 76.0 Å². The molecule has 3 heterocycles. The number of hydrogen-bond acceptors (Lipinski definition) is 5. The van der Waals surface area contributed by atoms with Gasteiger partial charge in [0, 0.05) is 22.7 Å². The molecule has 1 atom stereocenters. The normalized spacial score (nSPS) is 12.4. The Kier molecular flexibility index (Phi) is 4.41. The highest BCUT2D eigenvalue weighted by Gasteiger charge is 2.12. The number of nitrogens with one attached hydrogen (secondary N) is 2. The number of benzene rings is 1. The number of pyridine rings is 1. The van der Waals surface area contributed by atoms with Crippen LogP contribution in [0.3, 0.4) is 0 Å². The smallest absolute Gasteiger partial charge is 0.138 e. The van der Waals surface area contributed by atoms with Gasteiger partial charge in [0.15, 0.2) is 0 Å². The molecule has 1 aromatic carbocycles. The minimum absolute atomic E-state index is 0.0577. The predicted molar refractivity (Wildman–Crippen MR) is 100 cm³/mol. The maximum Gasteiger partial charge on any atom is 0.138 e. The highest BCUT2D eigenvalue weighted by molar-refractivity contribution is 5.86. The molecule has 132 valence electrons. The fourth-order valence-electron chi connectivity index (χ4n) is 2.98. The van der Waals surface area contributed by atoms with Crippen LogP contribution < -0.4 is 10.1 Å². The SMILES string of the molecule is CN[C@H](COc1cncc(-c2ccc3[nH]nc(C)c3c2)c1)c1ccoc1. The summed E-state index contributed by atoms with van der Waals surface area (Å²) in [4.78, 5) is 4.33. The summed E-state index contributed by atoms with van der Waals surface area (Å²) in [6, 6.07) is 10.2. The van der Waals surface area contributed by atoms with E-state index in [1.165, 1.54) is 0 Å². The summed E-state index contributed by atoms with van der Waals surface area (Å²) >= 11 is 0. The molecule has 0 unspecified atom stereocenters. The second-order valence-electron chi connectivity index (χ2n) is 6.19. The molecule has 2 N–H and O–H groups in total. The van der Waals surface area contributed by atoms with Crippen molar-refractivity contribution in [2.24, 2.45) is 0 Å². The van der Waals surface area contributed by atoms with Crippen LogP contribution in [-0.4, -0.2) is 28.8 Å². The molecule has 0 aliphatic heterocycles. The van der Waals surface area contributed by atoms with Gasteiger partial charge in [0.25, 0.3) is 0 Å². The van der Waals surface area contributed by atoms with Crippen LogP contribution in [0.4, 0.5) is 0 Å². The summed E-state index contributed by atoms with van der Waals surface area (Å²) in [5.74, 6) is 0.732. The molecular weight excluding hydrogens is 328 g/mol. The van der Waals surface area contributed by atoms with Gasteiger partial charge >= 0.3 is 0 Å². The number of aryl methyl sites for hydroxylation is 1. The van der Waals surface area contributed by atoms with Gasteiger partial charge in [-0.15, -0.1) is 0 Å². The van der Waals surface area contributed by atoms with E-state index < -0.39 is 0 Å². The van der Waals surface area contributed by atoms with Crippen LogP contribution in [0.1, 0.15) is 17.3 Å². The third kappa shape index (κ3) is 3.19. The highest BCUT2D eigenvalue weighted by atomic mass is 16.5. The van der Waals surface area contributed by atoms with E-state index in [0.29, 0.717) is 6.61 Å². The number of likely N-dealkylation sites (N-methyl/N-ethyl adjacent to an activating group) is 1. The van der Waals surface area contributed by atoms with E-state index in [0.717, 1.165) is 39.0 Å². The number of hydrogen-bond donors (Lipinski definition) is 2. The number of furan rings is 1. The first kappa shape index (κ1) is 16.4. The number of aromatic amines is 1. The Morgan fingerprint density at radius 1 is 1.19 bits per heavy atom. The summed E-state index contributed by atoms with van der Waals surface area (Å²) in [6.45, 7) is 2.48. The summed E-state index contributed by atoms with van der Waals surface area (Å²) < 4.78 is 11.1. The van der Waals surface area contributed by atoms with E-state index in [4.69, 9.17) is 9.15 Å². The van der Waals surface area contributed by atoms with Gasteiger partial charge in [-0.3, -0.25) is 10.1 Å². The van der Waals surface area contributed by atoms with Crippen LogP contribution in [0.2, 0.25) is 0 Å². The third-order valence-electron chi connectivity index (χ3n) is 4.51. The lowest BCUT2D eigenvalue weighted by Gasteiger charge is -2.15. The molecule has 0 amide bonds. The average molecular weight is 348 g/mol. The first-order valence-electron chi connectivity index (χ1n) is 8.47. The van der Waals surface area contributed by atoms with E-state index in [9.17, 15) is 0 Å². The molecule has 0 aliphatic rings. The predicted octanol–water partition coefficient (Wildman–Crippen LogP) is 3.87. The van der Waals surface area contributed by atoms with Gasteiger partial charge in [0.1, 0.15) is 12.4 Å². The Balaban J connectivity index is 1.55. The molecule has 0 radical (unpaired) electrons. The van der Waals surface area contributed by atoms with Crippen molar-refractivity contribution in [3.8, 4) is 16.9 Å². The first-order chi connectivity index (χ1) is 12.7.